The van der Waals surface area contributed by atoms with Crippen LogP contribution in [0, 0.1) is 5.92 Å². The molecule has 20 heavy (non-hydrogen) atoms. The molecule has 1 heterocycles. The smallest absolute Gasteiger partial charge is 0.161 e. The van der Waals surface area contributed by atoms with Crippen LogP contribution >= 0.6 is 0 Å². The van der Waals surface area contributed by atoms with E-state index in [1.54, 1.807) is 0 Å². The Hall–Kier alpha value is -1.26. The predicted molar refractivity (Wildman–Crippen MR) is 81.5 cm³/mol. The highest BCUT2D eigenvalue weighted by molar-refractivity contribution is 5.43. The van der Waals surface area contributed by atoms with Crippen LogP contribution < -0.4 is 20.1 Å². The summed E-state index contributed by atoms with van der Waals surface area (Å²) < 4.78 is 11.1. The maximum atomic E-state index is 5.58. The summed E-state index contributed by atoms with van der Waals surface area (Å²) in [4.78, 5) is 0. The van der Waals surface area contributed by atoms with E-state index in [1.807, 2.05) is 6.07 Å². The Kier molecular flexibility index (Phi) is 6.15. The number of rotatable bonds is 8. The van der Waals surface area contributed by atoms with Gasteiger partial charge in [0.25, 0.3) is 0 Å². The molecule has 1 aromatic rings. The third-order valence-corrected chi connectivity index (χ3v) is 3.20. The maximum Gasteiger partial charge on any atom is 0.161 e. The second-order valence-corrected chi connectivity index (χ2v) is 5.61. The Balaban J connectivity index is 1.62. The van der Waals surface area contributed by atoms with Gasteiger partial charge in [0.1, 0.15) is 13.2 Å². The highest BCUT2D eigenvalue weighted by atomic mass is 16.6. The fraction of sp³-hybridized carbons (Fsp3) is 0.625. The molecule has 0 saturated heterocycles. The van der Waals surface area contributed by atoms with Crippen LogP contribution in [0.1, 0.15) is 25.8 Å². The van der Waals surface area contributed by atoms with Gasteiger partial charge in [0.05, 0.1) is 0 Å². The van der Waals surface area contributed by atoms with Crippen molar-refractivity contribution < 1.29 is 9.47 Å². The van der Waals surface area contributed by atoms with E-state index in [4.69, 9.17) is 9.47 Å². The first kappa shape index (κ1) is 15.1. The summed E-state index contributed by atoms with van der Waals surface area (Å²) in [6.07, 6.45) is 1.15. The van der Waals surface area contributed by atoms with Crippen molar-refractivity contribution in [1.82, 2.24) is 10.6 Å². The molecule has 1 aliphatic rings. The quantitative estimate of drug-likeness (QED) is 0.715. The zero-order valence-corrected chi connectivity index (χ0v) is 12.6. The minimum absolute atomic E-state index is 0.644. The molecule has 112 valence electrons. The number of ether oxygens (including phenoxy) is 2. The van der Waals surface area contributed by atoms with Crippen LogP contribution in [0.5, 0.6) is 11.5 Å². The lowest BCUT2D eigenvalue weighted by Crippen LogP contribution is -2.24. The average molecular weight is 278 g/mol. The van der Waals surface area contributed by atoms with Crippen LogP contribution in [-0.2, 0) is 6.54 Å². The number of hydrogen-bond acceptors (Lipinski definition) is 4. The Labute approximate surface area is 121 Å². The molecule has 4 heteroatoms. The molecule has 0 amide bonds. The molecule has 1 aliphatic heterocycles. The second-order valence-electron chi connectivity index (χ2n) is 5.61. The van der Waals surface area contributed by atoms with E-state index in [-0.39, 0.29) is 0 Å². The van der Waals surface area contributed by atoms with Crippen LogP contribution in [0.4, 0.5) is 0 Å². The molecular weight excluding hydrogens is 252 g/mol. The Morgan fingerprint density at radius 2 is 1.80 bits per heavy atom. The molecule has 0 unspecified atom stereocenters. The van der Waals surface area contributed by atoms with Crippen LogP contribution in [0.3, 0.4) is 0 Å². The first-order valence-electron chi connectivity index (χ1n) is 7.55. The molecule has 2 N–H and O–H groups in total. The zero-order chi connectivity index (χ0) is 14.2. The van der Waals surface area contributed by atoms with Crippen LogP contribution in [0.25, 0.3) is 0 Å². The topological polar surface area (TPSA) is 42.5 Å². The zero-order valence-electron chi connectivity index (χ0n) is 12.6. The monoisotopic (exact) mass is 278 g/mol. The summed E-state index contributed by atoms with van der Waals surface area (Å²) in [5, 5.41) is 6.91. The van der Waals surface area contributed by atoms with Crippen LogP contribution in [0.2, 0.25) is 0 Å². The third kappa shape index (κ3) is 5.02. The predicted octanol–water partition coefficient (Wildman–Crippen LogP) is 2.18. The molecule has 0 aliphatic carbocycles. The van der Waals surface area contributed by atoms with E-state index < -0.39 is 0 Å². The SMILES string of the molecule is CC(C)CNCCCNCc1ccc2c(c1)OCCO2. The van der Waals surface area contributed by atoms with Gasteiger partial charge in [0, 0.05) is 6.54 Å². The van der Waals surface area contributed by atoms with E-state index in [1.165, 1.54) is 5.56 Å². The Morgan fingerprint density at radius 3 is 2.60 bits per heavy atom. The van der Waals surface area contributed by atoms with Gasteiger partial charge >= 0.3 is 0 Å². The summed E-state index contributed by atoms with van der Waals surface area (Å²) in [6.45, 7) is 9.83. The van der Waals surface area contributed by atoms with Gasteiger partial charge in [-0.2, -0.15) is 0 Å². The molecule has 0 saturated carbocycles. The largest absolute Gasteiger partial charge is 0.486 e. The molecule has 0 aromatic heterocycles. The first-order valence-corrected chi connectivity index (χ1v) is 7.55. The molecule has 0 atom stereocenters. The normalized spacial score (nSPS) is 13.8. The summed E-state index contributed by atoms with van der Waals surface area (Å²) >= 11 is 0. The Bertz CT molecular complexity index is 407. The highest BCUT2D eigenvalue weighted by Gasteiger charge is 2.11. The molecule has 0 bridgehead atoms. The maximum absolute atomic E-state index is 5.58. The van der Waals surface area contributed by atoms with E-state index in [0.29, 0.717) is 13.2 Å². The van der Waals surface area contributed by atoms with Crippen molar-refractivity contribution >= 4 is 0 Å². The van der Waals surface area contributed by atoms with E-state index in [2.05, 4.69) is 36.6 Å². The van der Waals surface area contributed by atoms with Crippen LogP contribution in [-0.4, -0.2) is 32.8 Å². The number of fused-ring (bicyclic) bond motifs is 1. The van der Waals surface area contributed by atoms with Gasteiger partial charge in [-0.05, 0) is 49.7 Å². The van der Waals surface area contributed by atoms with Crippen molar-refractivity contribution in [1.29, 1.82) is 0 Å². The van der Waals surface area contributed by atoms with Gasteiger partial charge in [-0.15, -0.1) is 0 Å². The molecule has 0 fully saturated rings. The number of hydrogen-bond donors (Lipinski definition) is 2. The van der Waals surface area contributed by atoms with Gasteiger partial charge in [-0.3, -0.25) is 0 Å². The van der Waals surface area contributed by atoms with Crippen molar-refractivity contribution in [3.63, 3.8) is 0 Å². The summed E-state index contributed by atoms with van der Waals surface area (Å²) in [7, 11) is 0. The standard InChI is InChI=1S/C16H26N2O2/c1-13(2)11-17-6-3-7-18-12-14-4-5-15-16(10-14)20-9-8-19-15/h4-5,10,13,17-18H,3,6-9,11-12H2,1-2H3. The highest BCUT2D eigenvalue weighted by Crippen LogP contribution is 2.30. The fourth-order valence-electron chi connectivity index (χ4n) is 2.16. The van der Waals surface area contributed by atoms with Crippen molar-refractivity contribution in [3.8, 4) is 11.5 Å². The van der Waals surface area contributed by atoms with Crippen LogP contribution in [0.15, 0.2) is 18.2 Å². The average Bonchev–Trinajstić information content (AvgIpc) is 2.46. The van der Waals surface area contributed by atoms with Gasteiger partial charge in [-0.1, -0.05) is 19.9 Å². The molecule has 1 aromatic carbocycles. The summed E-state index contributed by atoms with van der Waals surface area (Å²) in [6, 6.07) is 6.16. The summed E-state index contributed by atoms with van der Waals surface area (Å²) in [5.74, 6) is 2.45. The molecule has 0 spiro atoms. The minimum Gasteiger partial charge on any atom is -0.486 e. The lowest BCUT2D eigenvalue weighted by Gasteiger charge is -2.19. The number of nitrogens with one attached hydrogen (secondary N) is 2. The molecular formula is C16H26N2O2. The van der Waals surface area contributed by atoms with Crippen molar-refractivity contribution in [2.45, 2.75) is 26.8 Å². The first-order chi connectivity index (χ1) is 9.75. The van der Waals surface area contributed by atoms with Crippen molar-refractivity contribution in [2.75, 3.05) is 32.8 Å². The lowest BCUT2D eigenvalue weighted by atomic mass is 10.2. The van der Waals surface area contributed by atoms with E-state index >= 15 is 0 Å². The van der Waals surface area contributed by atoms with Crippen molar-refractivity contribution in [2.24, 2.45) is 5.92 Å². The fourth-order valence-corrected chi connectivity index (χ4v) is 2.16. The lowest BCUT2D eigenvalue weighted by molar-refractivity contribution is 0.171. The van der Waals surface area contributed by atoms with E-state index in [9.17, 15) is 0 Å². The van der Waals surface area contributed by atoms with Gasteiger partial charge in [0.15, 0.2) is 11.5 Å². The van der Waals surface area contributed by atoms with Crippen molar-refractivity contribution in [3.05, 3.63) is 23.8 Å². The van der Waals surface area contributed by atoms with Gasteiger partial charge in [-0.25, -0.2) is 0 Å². The molecule has 0 radical (unpaired) electrons. The number of benzene rings is 1. The third-order valence-electron chi connectivity index (χ3n) is 3.20. The Morgan fingerprint density at radius 1 is 1.05 bits per heavy atom. The van der Waals surface area contributed by atoms with Gasteiger partial charge in [0.2, 0.25) is 0 Å². The second kappa shape index (κ2) is 8.12. The van der Waals surface area contributed by atoms with Gasteiger partial charge < -0.3 is 20.1 Å². The molecule has 4 nitrogen and oxygen atoms in total. The minimum atomic E-state index is 0.644. The van der Waals surface area contributed by atoms with E-state index in [0.717, 1.165) is 50.0 Å². The summed E-state index contributed by atoms with van der Waals surface area (Å²) in [5.41, 5.74) is 1.24. The molecule has 2 rings (SSSR count).